The fraction of sp³-hybridized carbons (Fsp3) is 0.550. The van der Waals surface area contributed by atoms with E-state index >= 15 is 0 Å². The number of fused-ring (bicyclic) bond motifs is 1. The Balaban J connectivity index is 1.38. The minimum atomic E-state index is -0.881. The number of aromatic nitrogens is 2. The van der Waals surface area contributed by atoms with Crippen molar-refractivity contribution in [3.8, 4) is 0 Å². The van der Waals surface area contributed by atoms with Crippen molar-refractivity contribution in [1.82, 2.24) is 14.9 Å². The van der Waals surface area contributed by atoms with Crippen LogP contribution in [-0.4, -0.2) is 38.8 Å². The van der Waals surface area contributed by atoms with Crippen molar-refractivity contribution in [1.29, 1.82) is 0 Å². The Morgan fingerprint density at radius 3 is 2.81 bits per heavy atom. The van der Waals surface area contributed by atoms with Crippen LogP contribution < -0.4 is 5.32 Å². The number of carbonyl (C=O) groups excluding carboxylic acids is 1. The van der Waals surface area contributed by atoms with E-state index in [-0.39, 0.29) is 12.5 Å². The lowest BCUT2D eigenvalue weighted by atomic mass is 10.1. The van der Waals surface area contributed by atoms with Crippen molar-refractivity contribution in [3.05, 3.63) is 24.3 Å². The van der Waals surface area contributed by atoms with Crippen molar-refractivity contribution in [2.24, 2.45) is 5.92 Å². The maximum absolute atomic E-state index is 11.8. The summed E-state index contributed by atoms with van der Waals surface area (Å²) in [5.74, 6) is 0.975. The number of rotatable bonds is 12. The Hall–Kier alpha value is -2.02. The average Bonchev–Trinajstić information content (AvgIpc) is 3.41. The molecule has 1 aliphatic rings. The molecule has 3 rings (SSSR count). The molecular formula is C20H27N3O3S. The Kier molecular flexibility index (Phi) is 7.15. The maximum Gasteiger partial charge on any atom is 0.323 e. The van der Waals surface area contributed by atoms with Gasteiger partial charge in [-0.25, -0.2) is 4.98 Å². The Morgan fingerprint density at radius 1 is 1.22 bits per heavy atom. The fourth-order valence-electron chi connectivity index (χ4n) is 3.13. The lowest BCUT2D eigenvalue weighted by Gasteiger charge is -2.07. The van der Waals surface area contributed by atoms with Crippen LogP contribution >= 0.6 is 11.8 Å². The van der Waals surface area contributed by atoms with Crippen molar-refractivity contribution in [3.63, 3.8) is 0 Å². The van der Waals surface area contributed by atoms with E-state index in [2.05, 4.69) is 10.3 Å². The number of hydrogen-bond acceptors (Lipinski definition) is 4. The minimum Gasteiger partial charge on any atom is -0.480 e. The highest BCUT2D eigenvalue weighted by atomic mass is 32.2. The Bertz CT molecular complexity index is 786. The molecule has 1 heterocycles. The summed E-state index contributed by atoms with van der Waals surface area (Å²) in [5.41, 5.74) is 1.64. The second-order valence-corrected chi connectivity index (χ2v) is 8.17. The molecule has 2 N–H and O–H groups in total. The van der Waals surface area contributed by atoms with Crippen molar-refractivity contribution < 1.29 is 14.7 Å². The lowest BCUT2D eigenvalue weighted by Crippen LogP contribution is -2.24. The van der Waals surface area contributed by atoms with Gasteiger partial charge >= 0.3 is 5.97 Å². The molecule has 1 aliphatic carbocycles. The number of para-hydroxylation sites is 2. The van der Waals surface area contributed by atoms with E-state index < -0.39 is 5.97 Å². The molecule has 6 nitrogen and oxygen atoms in total. The van der Waals surface area contributed by atoms with Gasteiger partial charge in [0.2, 0.25) is 5.91 Å². The van der Waals surface area contributed by atoms with Gasteiger partial charge in [0.05, 0.1) is 11.0 Å². The smallest absolute Gasteiger partial charge is 0.323 e. The molecule has 0 atom stereocenters. The number of nitrogens with one attached hydrogen (secondary N) is 1. The third kappa shape index (κ3) is 6.27. The molecule has 0 saturated heterocycles. The SMILES string of the molecule is O=C(O)Cn1c(SCCCNC(=O)CCCCC2CC2)nc2ccccc21. The van der Waals surface area contributed by atoms with E-state index in [0.717, 1.165) is 42.0 Å². The molecule has 27 heavy (non-hydrogen) atoms. The third-order valence-electron chi connectivity index (χ3n) is 4.75. The van der Waals surface area contributed by atoms with Crippen LogP contribution in [0.15, 0.2) is 29.4 Å². The first-order valence-electron chi connectivity index (χ1n) is 9.70. The van der Waals surface area contributed by atoms with Gasteiger partial charge in [-0.3, -0.25) is 9.59 Å². The van der Waals surface area contributed by atoms with Gasteiger partial charge in [0.15, 0.2) is 5.16 Å². The normalized spacial score (nSPS) is 13.8. The lowest BCUT2D eigenvalue weighted by molar-refractivity contribution is -0.137. The molecule has 1 fully saturated rings. The summed E-state index contributed by atoms with van der Waals surface area (Å²) < 4.78 is 1.74. The number of thioether (sulfide) groups is 1. The summed E-state index contributed by atoms with van der Waals surface area (Å²) in [6, 6.07) is 7.56. The Labute approximate surface area is 163 Å². The van der Waals surface area contributed by atoms with E-state index in [4.69, 9.17) is 5.11 Å². The molecule has 1 aromatic heterocycles. The maximum atomic E-state index is 11.8. The Morgan fingerprint density at radius 2 is 2.04 bits per heavy atom. The van der Waals surface area contributed by atoms with Gasteiger partial charge in [0, 0.05) is 18.7 Å². The molecule has 0 aliphatic heterocycles. The minimum absolute atomic E-state index is 0.0968. The number of aliphatic carboxylic acids is 1. The van der Waals surface area contributed by atoms with Crippen molar-refractivity contribution in [2.75, 3.05) is 12.3 Å². The highest BCUT2D eigenvalue weighted by Crippen LogP contribution is 2.34. The van der Waals surface area contributed by atoms with E-state index in [9.17, 15) is 9.59 Å². The summed E-state index contributed by atoms with van der Waals surface area (Å²) in [7, 11) is 0. The molecule has 2 aromatic rings. The molecule has 0 radical (unpaired) electrons. The number of carboxylic acid groups (broad SMARTS) is 1. The average molecular weight is 390 g/mol. The number of imidazole rings is 1. The van der Waals surface area contributed by atoms with E-state index in [1.807, 2.05) is 24.3 Å². The van der Waals surface area contributed by atoms with Gasteiger partial charge in [-0.15, -0.1) is 0 Å². The largest absolute Gasteiger partial charge is 0.480 e. The number of nitrogens with zero attached hydrogens (tertiary/aromatic N) is 2. The number of carbonyl (C=O) groups is 2. The molecule has 1 saturated carbocycles. The first-order valence-corrected chi connectivity index (χ1v) is 10.7. The second-order valence-electron chi connectivity index (χ2n) is 7.10. The summed E-state index contributed by atoms with van der Waals surface area (Å²) in [4.78, 5) is 27.5. The highest BCUT2D eigenvalue weighted by Gasteiger charge is 2.20. The van der Waals surface area contributed by atoms with Crippen LogP contribution in [-0.2, 0) is 16.1 Å². The van der Waals surface area contributed by atoms with Crippen LogP contribution in [0.3, 0.4) is 0 Å². The zero-order valence-corrected chi connectivity index (χ0v) is 16.3. The van der Waals surface area contributed by atoms with E-state index in [1.165, 1.54) is 31.0 Å². The number of amides is 1. The van der Waals surface area contributed by atoms with Crippen LogP contribution in [0.25, 0.3) is 11.0 Å². The molecular weight excluding hydrogens is 362 g/mol. The molecule has 0 bridgehead atoms. The number of hydrogen-bond donors (Lipinski definition) is 2. The molecule has 1 amide bonds. The predicted molar refractivity (Wildman–Crippen MR) is 107 cm³/mol. The monoisotopic (exact) mass is 389 g/mol. The second kappa shape index (κ2) is 9.78. The fourth-order valence-corrected chi connectivity index (χ4v) is 4.08. The first-order chi connectivity index (χ1) is 13.1. The summed E-state index contributed by atoms with van der Waals surface area (Å²) in [5, 5.41) is 12.8. The first kappa shape index (κ1) is 19.7. The van der Waals surface area contributed by atoms with E-state index in [0.29, 0.717) is 18.1 Å². The highest BCUT2D eigenvalue weighted by molar-refractivity contribution is 7.99. The van der Waals surface area contributed by atoms with E-state index in [1.54, 1.807) is 4.57 Å². The molecule has 7 heteroatoms. The van der Waals surface area contributed by atoms with Crippen LogP contribution in [0.5, 0.6) is 0 Å². The number of carboxylic acids is 1. The summed E-state index contributed by atoms with van der Waals surface area (Å²) >= 11 is 1.54. The zero-order valence-electron chi connectivity index (χ0n) is 15.5. The summed E-state index contributed by atoms with van der Waals surface area (Å²) in [6.45, 7) is 0.550. The van der Waals surface area contributed by atoms with Crippen molar-refractivity contribution >= 4 is 34.7 Å². The molecule has 1 aromatic carbocycles. The van der Waals surface area contributed by atoms with Gasteiger partial charge in [-0.1, -0.05) is 49.6 Å². The predicted octanol–water partition coefficient (Wildman–Crippen LogP) is 3.69. The molecule has 0 unspecified atom stereocenters. The van der Waals surface area contributed by atoms with Gasteiger partial charge in [0.1, 0.15) is 6.54 Å². The quantitative estimate of drug-likeness (QED) is 0.427. The van der Waals surface area contributed by atoms with Crippen molar-refractivity contribution in [2.45, 2.75) is 56.6 Å². The number of unbranched alkanes of at least 4 members (excludes halogenated alkanes) is 1. The van der Waals surface area contributed by atoms with Crippen LogP contribution in [0, 0.1) is 5.92 Å². The van der Waals surface area contributed by atoms with Crippen LogP contribution in [0.1, 0.15) is 44.9 Å². The third-order valence-corrected chi connectivity index (χ3v) is 5.81. The van der Waals surface area contributed by atoms with Gasteiger partial charge in [0.25, 0.3) is 0 Å². The topological polar surface area (TPSA) is 84.2 Å². The van der Waals surface area contributed by atoms with Crippen LogP contribution in [0.4, 0.5) is 0 Å². The standard InChI is InChI=1S/C20H27N3O3S/c24-18(9-4-1-6-15-10-11-15)21-12-5-13-27-20-22-16-7-2-3-8-17(16)23(20)14-19(25)26/h2-3,7-8,15H,1,4-6,9-14H2,(H,21,24)(H,25,26). The number of benzene rings is 1. The molecule has 146 valence electrons. The van der Waals surface area contributed by atoms with Gasteiger partial charge in [-0.2, -0.15) is 0 Å². The van der Waals surface area contributed by atoms with Gasteiger partial charge < -0.3 is 15.0 Å². The summed E-state index contributed by atoms with van der Waals surface area (Å²) in [6.07, 6.45) is 7.63. The zero-order chi connectivity index (χ0) is 19.1. The molecule has 0 spiro atoms. The van der Waals surface area contributed by atoms with Crippen LogP contribution in [0.2, 0.25) is 0 Å². The van der Waals surface area contributed by atoms with Gasteiger partial charge in [-0.05, 0) is 30.9 Å².